The van der Waals surface area contributed by atoms with E-state index in [0.717, 1.165) is 22.3 Å². The van der Waals surface area contributed by atoms with Crippen LogP contribution < -0.4 is 5.43 Å². The lowest BCUT2D eigenvalue weighted by Crippen LogP contribution is -2.20. The minimum absolute atomic E-state index is 0.0171. The zero-order valence-corrected chi connectivity index (χ0v) is 15.7. The SMILES string of the molecule is Cc1ccc(N=C(NN=Cc2ccc(O)cc2O)c2nc3ccccc3[nH]2)cc1. The van der Waals surface area contributed by atoms with Crippen LogP contribution in [0.3, 0.4) is 0 Å². The molecule has 0 aliphatic heterocycles. The summed E-state index contributed by atoms with van der Waals surface area (Å²) in [5.74, 6) is 0.881. The number of aromatic hydroxyl groups is 2. The summed E-state index contributed by atoms with van der Waals surface area (Å²) in [4.78, 5) is 12.4. The van der Waals surface area contributed by atoms with E-state index in [2.05, 4.69) is 25.5 Å². The number of H-pyrrole nitrogens is 1. The number of hydrogen-bond acceptors (Lipinski definition) is 5. The number of nitrogens with zero attached hydrogens (tertiary/aromatic N) is 3. The lowest BCUT2D eigenvalue weighted by molar-refractivity contribution is 0.450. The second-order valence-corrected chi connectivity index (χ2v) is 6.51. The molecule has 0 atom stereocenters. The third-order valence-electron chi connectivity index (χ3n) is 4.28. The Labute approximate surface area is 167 Å². The second-order valence-electron chi connectivity index (χ2n) is 6.51. The first-order chi connectivity index (χ1) is 14.1. The molecule has 0 saturated heterocycles. The highest BCUT2D eigenvalue weighted by molar-refractivity contribution is 6.00. The van der Waals surface area contributed by atoms with Crippen molar-refractivity contribution in [3.8, 4) is 11.5 Å². The van der Waals surface area contributed by atoms with Gasteiger partial charge >= 0.3 is 0 Å². The number of amidine groups is 1. The average molecular weight is 385 g/mol. The summed E-state index contributed by atoms with van der Waals surface area (Å²) in [7, 11) is 0. The Hall–Kier alpha value is -4.13. The van der Waals surface area contributed by atoms with Gasteiger partial charge in [0.05, 0.1) is 22.9 Å². The lowest BCUT2D eigenvalue weighted by atomic mass is 10.2. The largest absolute Gasteiger partial charge is 0.508 e. The molecule has 4 rings (SSSR count). The van der Waals surface area contributed by atoms with Gasteiger partial charge in [0.1, 0.15) is 11.5 Å². The first-order valence-electron chi connectivity index (χ1n) is 9.00. The molecule has 0 spiro atoms. The van der Waals surface area contributed by atoms with Crippen LogP contribution in [0.1, 0.15) is 17.0 Å². The van der Waals surface area contributed by atoms with Crippen LogP contribution >= 0.6 is 0 Å². The number of phenolic OH excluding ortho intramolecular Hbond substituents is 2. The molecule has 0 unspecified atom stereocenters. The number of aliphatic imine (C=N–C) groups is 1. The van der Waals surface area contributed by atoms with Crippen LogP contribution in [0.4, 0.5) is 5.69 Å². The lowest BCUT2D eigenvalue weighted by Gasteiger charge is -2.04. The van der Waals surface area contributed by atoms with Gasteiger partial charge < -0.3 is 15.2 Å². The first kappa shape index (κ1) is 18.2. The van der Waals surface area contributed by atoms with Crippen LogP contribution in [-0.4, -0.2) is 32.2 Å². The predicted molar refractivity (Wildman–Crippen MR) is 114 cm³/mol. The van der Waals surface area contributed by atoms with E-state index < -0.39 is 0 Å². The number of hydrazone groups is 1. The van der Waals surface area contributed by atoms with Gasteiger partial charge in [0.2, 0.25) is 0 Å². The minimum Gasteiger partial charge on any atom is -0.508 e. The van der Waals surface area contributed by atoms with Crippen molar-refractivity contribution < 1.29 is 10.2 Å². The fraction of sp³-hybridized carbons (Fsp3) is 0.0455. The van der Waals surface area contributed by atoms with Crippen molar-refractivity contribution in [1.82, 2.24) is 15.4 Å². The maximum absolute atomic E-state index is 9.90. The number of hydrogen-bond donors (Lipinski definition) is 4. The van der Waals surface area contributed by atoms with E-state index in [1.807, 2.05) is 55.5 Å². The van der Waals surface area contributed by atoms with E-state index in [1.54, 1.807) is 6.07 Å². The van der Waals surface area contributed by atoms with Crippen molar-refractivity contribution in [2.75, 3.05) is 0 Å². The molecule has 0 amide bonds. The van der Waals surface area contributed by atoms with Crippen LogP contribution in [0.25, 0.3) is 11.0 Å². The Morgan fingerprint density at radius 2 is 1.83 bits per heavy atom. The average Bonchev–Trinajstić information content (AvgIpc) is 3.14. The monoisotopic (exact) mass is 385 g/mol. The number of phenols is 2. The van der Waals surface area contributed by atoms with Gasteiger partial charge in [-0.2, -0.15) is 5.10 Å². The Bertz CT molecular complexity index is 1180. The number of benzene rings is 3. The van der Waals surface area contributed by atoms with Crippen LogP contribution in [0.2, 0.25) is 0 Å². The van der Waals surface area contributed by atoms with Gasteiger partial charge in [-0.15, -0.1) is 0 Å². The van der Waals surface area contributed by atoms with Crippen molar-refractivity contribution in [1.29, 1.82) is 0 Å². The minimum atomic E-state index is -0.0729. The summed E-state index contributed by atoms with van der Waals surface area (Å²) in [5, 5.41) is 23.5. The summed E-state index contributed by atoms with van der Waals surface area (Å²) in [6.07, 6.45) is 1.45. The third kappa shape index (κ3) is 4.24. The molecule has 0 aliphatic carbocycles. The summed E-state index contributed by atoms with van der Waals surface area (Å²) in [6, 6.07) is 19.8. The highest BCUT2D eigenvalue weighted by atomic mass is 16.3. The zero-order valence-electron chi connectivity index (χ0n) is 15.7. The summed E-state index contributed by atoms with van der Waals surface area (Å²) in [6.45, 7) is 2.01. The van der Waals surface area contributed by atoms with Crippen LogP contribution in [0, 0.1) is 6.92 Å². The van der Waals surface area contributed by atoms with E-state index in [9.17, 15) is 10.2 Å². The summed E-state index contributed by atoms with van der Waals surface area (Å²) in [5.41, 5.74) is 6.96. The van der Waals surface area contributed by atoms with Gasteiger partial charge in [-0.05, 0) is 43.3 Å². The van der Waals surface area contributed by atoms with Gasteiger partial charge in [-0.1, -0.05) is 29.8 Å². The van der Waals surface area contributed by atoms with Crippen molar-refractivity contribution in [3.63, 3.8) is 0 Å². The number of rotatable bonds is 4. The highest BCUT2D eigenvalue weighted by Gasteiger charge is 2.10. The molecule has 0 bridgehead atoms. The molecule has 7 nitrogen and oxygen atoms in total. The standard InChI is InChI=1S/C22H19N5O2/c1-14-6-9-16(10-7-14)24-22(21-25-18-4-2-3-5-19(18)26-21)27-23-13-15-8-11-17(28)12-20(15)29/h2-13,28-29H,1H3,(H,24,27)(H,25,26). The quantitative estimate of drug-likeness (QED) is 0.242. The Balaban J connectivity index is 1.67. The molecule has 144 valence electrons. The summed E-state index contributed by atoms with van der Waals surface area (Å²) >= 11 is 0. The topological polar surface area (TPSA) is 106 Å². The molecular formula is C22H19N5O2. The Morgan fingerprint density at radius 1 is 1.03 bits per heavy atom. The van der Waals surface area contributed by atoms with Gasteiger partial charge in [-0.3, -0.25) is 5.43 Å². The van der Waals surface area contributed by atoms with E-state index >= 15 is 0 Å². The van der Waals surface area contributed by atoms with Crippen molar-refractivity contribution >= 4 is 28.8 Å². The van der Waals surface area contributed by atoms with Crippen molar-refractivity contribution in [3.05, 3.63) is 83.7 Å². The maximum atomic E-state index is 9.90. The number of aryl methyl sites for hydroxylation is 1. The molecule has 0 radical (unpaired) electrons. The van der Waals surface area contributed by atoms with E-state index in [1.165, 1.54) is 18.3 Å². The van der Waals surface area contributed by atoms with Crippen LogP contribution in [0.5, 0.6) is 11.5 Å². The van der Waals surface area contributed by atoms with Crippen molar-refractivity contribution in [2.45, 2.75) is 6.92 Å². The second kappa shape index (κ2) is 7.85. The molecule has 7 heteroatoms. The van der Waals surface area contributed by atoms with Crippen molar-refractivity contribution in [2.24, 2.45) is 10.1 Å². The zero-order chi connectivity index (χ0) is 20.2. The molecule has 0 saturated carbocycles. The molecule has 1 aromatic heterocycles. The van der Waals surface area contributed by atoms with Gasteiger partial charge in [0.25, 0.3) is 0 Å². The van der Waals surface area contributed by atoms with Crippen LogP contribution in [0.15, 0.2) is 76.8 Å². The fourth-order valence-corrected chi connectivity index (χ4v) is 2.75. The third-order valence-corrected chi connectivity index (χ3v) is 4.28. The first-order valence-corrected chi connectivity index (χ1v) is 9.00. The van der Waals surface area contributed by atoms with Gasteiger partial charge in [0.15, 0.2) is 11.7 Å². The summed E-state index contributed by atoms with van der Waals surface area (Å²) < 4.78 is 0. The molecule has 3 aromatic carbocycles. The Morgan fingerprint density at radius 3 is 2.59 bits per heavy atom. The number of fused-ring (bicyclic) bond motifs is 1. The molecule has 0 aliphatic rings. The number of aromatic nitrogens is 2. The smallest absolute Gasteiger partial charge is 0.190 e. The molecule has 0 fully saturated rings. The number of nitrogens with one attached hydrogen (secondary N) is 2. The normalized spacial score (nSPS) is 12.0. The molecular weight excluding hydrogens is 366 g/mol. The number of para-hydroxylation sites is 2. The van der Waals surface area contributed by atoms with Gasteiger partial charge in [0, 0.05) is 11.6 Å². The number of imidazole rings is 1. The highest BCUT2D eigenvalue weighted by Crippen LogP contribution is 2.21. The Kier molecular flexibility index (Phi) is 4.94. The maximum Gasteiger partial charge on any atom is 0.190 e. The van der Waals surface area contributed by atoms with E-state index in [0.29, 0.717) is 17.2 Å². The molecule has 4 N–H and O–H groups in total. The molecule has 4 aromatic rings. The number of aromatic amines is 1. The van der Waals surface area contributed by atoms with E-state index in [4.69, 9.17) is 0 Å². The van der Waals surface area contributed by atoms with E-state index in [-0.39, 0.29) is 11.5 Å². The van der Waals surface area contributed by atoms with Gasteiger partial charge in [-0.25, -0.2) is 9.98 Å². The predicted octanol–water partition coefficient (Wildman–Crippen LogP) is 3.98. The van der Waals surface area contributed by atoms with Crippen LogP contribution in [-0.2, 0) is 0 Å². The molecule has 29 heavy (non-hydrogen) atoms. The molecule has 1 heterocycles. The fourth-order valence-electron chi connectivity index (χ4n) is 2.75.